The van der Waals surface area contributed by atoms with E-state index in [1.807, 2.05) is 38.1 Å². The molecule has 0 saturated heterocycles. The van der Waals surface area contributed by atoms with Crippen LogP contribution in [-0.2, 0) is 11.3 Å². The molecule has 1 aromatic rings. The number of nitrogens with one attached hydrogen (secondary N) is 2. The van der Waals surface area contributed by atoms with Crippen LogP contribution in [0.25, 0.3) is 0 Å². The molecule has 3 nitrogen and oxygen atoms in total. The molecule has 0 aliphatic rings. The molecule has 1 atom stereocenters. The van der Waals surface area contributed by atoms with Crippen LogP contribution in [0.1, 0.15) is 25.8 Å². The fourth-order valence-electron chi connectivity index (χ4n) is 1.62. The van der Waals surface area contributed by atoms with Gasteiger partial charge in [0.1, 0.15) is 0 Å². The van der Waals surface area contributed by atoms with Gasteiger partial charge in [-0.1, -0.05) is 30.7 Å². The van der Waals surface area contributed by atoms with Crippen molar-refractivity contribution >= 4 is 17.5 Å². The Morgan fingerprint density at radius 1 is 1.47 bits per heavy atom. The number of rotatable bonds is 6. The normalized spacial score (nSPS) is 12.2. The summed E-state index contributed by atoms with van der Waals surface area (Å²) in [5.74, 6) is 0.0541. The van der Waals surface area contributed by atoms with E-state index in [2.05, 4.69) is 10.6 Å². The third-order valence-electron chi connectivity index (χ3n) is 2.42. The molecular formula is C13H19ClN2O. The first-order valence-electron chi connectivity index (χ1n) is 5.86. The maximum Gasteiger partial charge on any atom is 0.221 e. The SMILES string of the molecule is CCNC(C)CC(=O)NCc1cccc(Cl)c1. The topological polar surface area (TPSA) is 41.1 Å². The molecule has 0 aromatic heterocycles. The molecule has 1 amide bonds. The predicted molar refractivity (Wildman–Crippen MR) is 71.1 cm³/mol. The minimum Gasteiger partial charge on any atom is -0.352 e. The highest BCUT2D eigenvalue weighted by atomic mass is 35.5. The van der Waals surface area contributed by atoms with Crippen LogP contribution in [0.2, 0.25) is 5.02 Å². The van der Waals surface area contributed by atoms with Crippen molar-refractivity contribution < 1.29 is 4.79 Å². The van der Waals surface area contributed by atoms with Crippen molar-refractivity contribution in [1.29, 1.82) is 0 Å². The summed E-state index contributed by atoms with van der Waals surface area (Å²) >= 11 is 5.86. The largest absolute Gasteiger partial charge is 0.352 e. The number of hydrogen-bond donors (Lipinski definition) is 2. The number of carbonyl (C=O) groups excluding carboxylic acids is 1. The average Bonchev–Trinajstić information content (AvgIpc) is 2.27. The zero-order valence-electron chi connectivity index (χ0n) is 10.3. The summed E-state index contributed by atoms with van der Waals surface area (Å²) in [6.07, 6.45) is 0.494. The van der Waals surface area contributed by atoms with E-state index in [1.165, 1.54) is 0 Å². The van der Waals surface area contributed by atoms with Crippen molar-refractivity contribution in [2.75, 3.05) is 6.54 Å². The van der Waals surface area contributed by atoms with Crippen LogP contribution in [0.3, 0.4) is 0 Å². The van der Waals surface area contributed by atoms with Crippen LogP contribution in [0.5, 0.6) is 0 Å². The van der Waals surface area contributed by atoms with Gasteiger partial charge in [-0.05, 0) is 31.2 Å². The van der Waals surface area contributed by atoms with E-state index in [0.29, 0.717) is 18.0 Å². The fourth-order valence-corrected chi connectivity index (χ4v) is 1.83. The summed E-state index contributed by atoms with van der Waals surface area (Å²) in [6.45, 7) is 5.43. The zero-order chi connectivity index (χ0) is 12.7. The van der Waals surface area contributed by atoms with Crippen molar-refractivity contribution in [3.8, 4) is 0 Å². The van der Waals surface area contributed by atoms with Crippen molar-refractivity contribution in [2.24, 2.45) is 0 Å². The highest BCUT2D eigenvalue weighted by Gasteiger charge is 2.07. The van der Waals surface area contributed by atoms with E-state index in [-0.39, 0.29) is 11.9 Å². The van der Waals surface area contributed by atoms with E-state index in [9.17, 15) is 4.79 Å². The van der Waals surface area contributed by atoms with E-state index in [0.717, 1.165) is 12.1 Å². The first-order valence-corrected chi connectivity index (χ1v) is 6.24. The van der Waals surface area contributed by atoms with E-state index >= 15 is 0 Å². The summed E-state index contributed by atoms with van der Waals surface area (Å²) < 4.78 is 0. The van der Waals surface area contributed by atoms with Gasteiger partial charge in [0.25, 0.3) is 0 Å². The summed E-state index contributed by atoms with van der Waals surface area (Å²) in [6, 6.07) is 7.71. The Labute approximate surface area is 108 Å². The van der Waals surface area contributed by atoms with Crippen molar-refractivity contribution in [3.63, 3.8) is 0 Å². The van der Waals surface area contributed by atoms with Crippen molar-refractivity contribution in [3.05, 3.63) is 34.9 Å². The molecule has 0 heterocycles. The Hall–Kier alpha value is -1.06. The predicted octanol–water partition coefficient (Wildman–Crippen LogP) is 2.34. The van der Waals surface area contributed by atoms with Crippen molar-refractivity contribution in [1.82, 2.24) is 10.6 Å². The molecule has 0 bridgehead atoms. The van der Waals surface area contributed by atoms with Crippen LogP contribution in [0.4, 0.5) is 0 Å². The Bertz CT molecular complexity index is 368. The van der Waals surface area contributed by atoms with Gasteiger partial charge in [-0.2, -0.15) is 0 Å². The van der Waals surface area contributed by atoms with Gasteiger partial charge in [0.2, 0.25) is 5.91 Å². The molecule has 1 unspecified atom stereocenters. The number of amides is 1. The second-order valence-electron chi connectivity index (χ2n) is 4.07. The molecule has 94 valence electrons. The number of carbonyl (C=O) groups is 1. The molecule has 0 aliphatic carbocycles. The molecule has 17 heavy (non-hydrogen) atoms. The minimum atomic E-state index is 0.0541. The van der Waals surface area contributed by atoms with Gasteiger partial charge in [-0.3, -0.25) is 4.79 Å². The first kappa shape index (κ1) is 14.0. The molecule has 0 aliphatic heterocycles. The van der Waals surface area contributed by atoms with Crippen LogP contribution < -0.4 is 10.6 Å². The quantitative estimate of drug-likeness (QED) is 0.818. The van der Waals surface area contributed by atoms with Gasteiger partial charge in [0.05, 0.1) is 0 Å². The second-order valence-corrected chi connectivity index (χ2v) is 4.51. The Morgan fingerprint density at radius 3 is 2.88 bits per heavy atom. The molecule has 4 heteroatoms. The molecule has 1 aromatic carbocycles. The molecule has 2 N–H and O–H groups in total. The molecular weight excluding hydrogens is 236 g/mol. The average molecular weight is 255 g/mol. The van der Waals surface area contributed by atoms with Gasteiger partial charge >= 0.3 is 0 Å². The molecule has 0 fully saturated rings. The highest BCUT2D eigenvalue weighted by Crippen LogP contribution is 2.10. The minimum absolute atomic E-state index is 0.0541. The zero-order valence-corrected chi connectivity index (χ0v) is 11.1. The Balaban J connectivity index is 2.33. The number of hydrogen-bond acceptors (Lipinski definition) is 2. The van der Waals surface area contributed by atoms with E-state index in [1.54, 1.807) is 0 Å². The molecule has 1 rings (SSSR count). The standard InChI is InChI=1S/C13H19ClN2O/c1-3-15-10(2)7-13(17)16-9-11-5-4-6-12(14)8-11/h4-6,8,10,15H,3,7,9H2,1-2H3,(H,16,17). The Morgan fingerprint density at radius 2 is 2.24 bits per heavy atom. The third kappa shape index (κ3) is 5.71. The number of halogens is 1. The van der Waals surface area contributed by atoms with Gasteiger partial charge in [-0.15, -0.1) is 0 Å². The van der Waals surface area contributed by atoms with Crippen LogP contribution in [-0.4, -0.2) is 18.5 Å². The molecule has 0 saturated carbocycles. The maximum absolute atomic E-state index is 11.6. The molecule has 0 spiro atoms. The van der Waals surface area contributed by atoms with Crippen LogP contribution in [0.15, 0.2) is 24.3 Å². The lowest BCUT2D eigenvalue weighted by Gasteiger charge is -2.12. The van der Waals surface area contributed by atoms with Gasteiger partial charge in [-0.25, -0.2) is 0 Å². The lowest BCUT2D eigenvalue weighted by molar-refractivity contribution is -0.121. The maximum atomic E-state index is 11.6. The van der Waals surface area contributed by atoms with Crippen LogP contribution >= 0.6 is 11.6 Å². The summed E-state index contributed by atoms with van der Waals surface area (Å²) in [7, 11) is 0. The Kier molecular flexibility index (Phi) is 6.01. The number of benzene rings is 1. The molecule has 0 radical (unpaired) electrons. The van der Waals surface area contributed by atoms with Gasteiger partial charge in [0, 0.05) is 24.0 Å². The van der Waals surface area contributed by atoms with E-state index in [4.69, 9.17) is 11.6 Å². The van der Waals surface area contributed by atoms with Crippen molar-refractivity contribution in [2.45, 2.75) is 32.9 Å². The lowest BCUT2D eigenvalue weighted by atomic mass is 10.2. The summed E-state index contributed by atoms with van der Waals surface area (Å²) in [5, 5.41) is 6.77. The van der Waals surface area contributed by atoms with E-state index < -0.39 is 0 Å². The second kappa shape index (κ2) is 7.30. The monoisotopic (exact) mass is 254 g/mol. The highest BCUT2D eigenvalue weighted by molar-refractivity contribution is 6.30. The van der Waals surface area contributed by atoms with Gasteiger partial charge < -0.3 is 10.6 Å². The third-order valence-corrected chi connectivity index (χ3v) is 2.66. The summed E-state index contributed by atoms with van der Waals surface area (Å²) in [4.78, 5) is 11.6. The first-order chi connectivity index (χ1) is 8.11. The summed E-state index contributed by atoms with van der Waals surface area (Å²) in [5.41, 5.74) is 1.02. The smallest absolute Gasteiger partial charge is 0.221 e. The van der Waals surface area contributed by atoms with Gasteiger partial charge in [0.15, 0.2) is 0 Å². The lowest BCUT2D eigenvalue weighted by Crippen LogP contribution is -2.33. The van der Waals surface area contributed by atoms with Crippen LogP contribution in [0, 0.1) is 0 Å². The fraction of sp³-hybridized carbons (Fsp3) is 0.462.